The van der Waals surface area contributed by atoms with Crippen LogP contribution in [0, 0.1) is 5.92 Å². The number of nitrogens with two attached hydrogens (primary N) is 1. The molecule has 5 rings (SSSR count). The maximum atomic E-state index is 6.22. The van der Waals surface area contributed by atoms with Crippen molar-refractivity contribution in [3.8, 4) is 0 Å². The molecule has 0 aromatic rings. The number of nitrogens with one attached hydrogen (secondary N) is 1. The smallest absolute Gasteiger partial charge is 0.0734 e. The summed E-state index contributed by atoms with van der Waals surface area (Å²) in [4.78, 5) is 8.38. The largest absolute Gasteiger partial charge is 0.328 e. The van der Waals surface area contributed by atoms with Gasteiger partial charge in [-0.25, -0.2) is 0 Å². The zero-order valence-corrected chi connectivity index (χ0v) is 15.8. The van der Waals surface area contributed by atoms with Crippen LogP contribution < -0.4 is 11.1 Å². The fourth-order valence-corrected chi connectivity index (χ4v) is 6.70. The Balaban J connectivity index is 1.20. The first-order valence-corrected chi connectivity index (χ1v) is 11.0. The van der Waals surface area contributed by atoms with Gasteiger partial charge in [-0.1, -0.05) is 6.42 Å². The van der Waals surface area contributed by atoms with Crippen molar-refractivity contribution in [1.82, 2.24) is 20.0 Å². The molecule has 0 bridgehead atoms. The van der Waals surface area contributed by atoms with E-state index in [1.807, 2.05) is 0 Å². The molecule has 4 saturated heterocycles. The van der Waals surface area contributed by atoms with Crippen molar-refractivity contribution < 1.29 is 0 Å². The lowest BCUT2D eigenvalue weighted by molar-refractivity contribution is 0.0135. The van der Waals surface area contributed by atoms with Gasteiger partial charge >= 0.3 is 0 Å². The molecular weight excluding hydrogens is 310 g/mol. The average Bonchev–Trinajstić information content (AvgIpc) is 2.98. The number of hydrogen-bond acceptors (Lipinski definition) is 5. The normalized spacial score (nSPS) is 46.4. The highest BCUT2D eigenvalue weighted by Crippen LogP contribution is 2.34. The monoisotopic (exact) mass is 347 g/mol. The van der Waals surface area contributed by atoms with Crippen molar-refractivity contribution in [3.05, 3.63) is 0 Å². The van der Waals surface area contributed by atoms with Crippen LogP contribution in [0.3, 0.4) is 0 Å². The van der Waals surface area contributed by atoms with Crippen molar-refractivity contribution in [2.24, 2.45) is 11.7 Å². The van der Waals surface area contributed by atoms with Gasteiger partial charge in [-0.15, -0.1) is 0 Å². The Morgan fingerprint density at radius 3 is 2.76 bits per heavy atom. The lowest BCUT2D eigenvalue weighted by Crippen LogP contribution is -2.58. The molecule has 0 aromatic carbocycles. The van der Waals surface area contributed by atoms with E-state index in [2.05, 4.69) is 20.0 Å². The molecule has 3 N–H and O–H groups in total. The maximum absolute atomic E-state index is 6.22. The van der Waals surface area contributed by atoms with E-state index in [9.17, 15) is 0 Å². The van der Waals surface area contributed by atoms with Gasteiger partial charge in [-0.3, -0.25) is 15.1 Å². The number of piperazine rings is 1. The number of rotatable bonds is 2. The van der Waals surface area contributed by atoms with Crippen LogP contribution in [-0.2, 0) is 0 Å². The molecule has 0 amide bonds. The van der Waals surface area contributed by atoms with Crippen molar-refractivity contribution in [3.63, 3.8) is 0 Å². The first-order valence-electron chi connectivity index (χ1n) is 11.0. The van der Waals surface area contributed by atoms with Crippen LogP contribution in [0.4, 0.5) is 0 Å². The summed E-state index contributed by atoms with van der Waals surface area (Å²) in [6.45, 7) is 7.82. The van der Waals surface area contributed by atoms with E-state index in [1.165, 1.54) is 90.6 Å². The molecule has 0 radical (unpaired) electrons. The van der Waals surface area contributed by atoms with Gasteiger partial charge in [-0.2, -0.15) is 0 Å². The quantitative estimate of drug-likeness (QED) is 0.782. The fourth-order valence-electron chi connectivity index (χ4n) is 6.70. The summed E-state index contributed by atoms with van der Waals surface area (Å²) >= 11 is 0. The SMILES string of the molecule is NC1CCC2C(C1)NC1CN(C[C@H]3CCCN4CCCC[C@H]34)CCN12. The third-order valence-corrected chi connectivity index (χ3v) is 7.91. The molecule has 1 saturated carbocycles. The second kappa shape index (κ2) is 7.08. The lowest BCUT2D eigenvalue weighted by Gasteiger charge is -2.47. The van der Waals surface area contributed by atoms with Crippen LogP contribution in [0.2, 0.25) is 0 Å². The third-order valence-electron chi connectivity index (χ3n) is 7.91. The van der Waals surface area contributed by atoms with Crippen LogP contribution in [-0.4, -0.2) is 84.3 Å². The summed E-state index contributed by atoms with van der Waals surface area (Å²) in [5.74, 6) is 0.915. The first kappa shape index (κ1) is 16.9. The molecule has 4 unspecified atom stereocenters. The molecule has 5 aliphatic rings. The fraction of sp³-hybridized carbons (Fsp3) is 1.00. The van der Waals surface area contributed by atoms with Gasteiger partial charge < -0.3 is 10.6 Å². The summed E-state index contributed by atoms with van der Waals surface area (Å²) in [5, 5.41) is 3.94. The Kier molecular flexibility index (Phi) is 4.80. The molecule has 5 fully saturated rings. The number of hydrogen-bond donors (Lipinski definition) is 2. The summed E-state index contributed by atoms with van der Waals surface area (Å²) < 4.78 is 0. The van der Waals surface area contributed by atoms with Gasteiger partial charge in [0, 0.05) is 50.3 Å². The summed E-state index contributed by atoms with van der Waals surface area (Å²) in [7, 11) is 0. The van der Waals surface area contributed by atoms with E-state index in [0.717, 1.165) is 18.0 Å². The van der Waals surface area contributed by atoms with E-state index in [1.54, 1.807) is 0 Å². The molecular formula is C20H37N5. The Bertz CT molecular complexity index is 469. The zero-order valence-electron chi connectivity index (χ0n) is 15.8. The van der Waals surface area contributed by atoms with E-state index in [0.29, 0.717) is 18.2 Å². The maximum Gasteiger partial charge on any atom is 0.0734 e. The average molecular weight is 348 g/mol. The summed E-state index contributed by atoms with van der Waals surface area (Å²) in [6.07, 6.45) is 11.5. The summed E-state index contributed by atoms with van der Waals surface area (Å²) in [5.41, 5.74) is 6.22. The van der Waals surface area contributed by atoms with E-state index >= 15 is 0 Å². The van der Waals surface area contributed by atoms with Crippen molar-refractivity contribution in [2.75, 3.05) is 39.3 Å². The standard InChI is InChI=1S/C20H37N5/c21-16-6-7-19-17(12-16)22-20-14-23(10-11-25(19)20)13-15-4-3-9-24-8-2-1-5-18(15)24/h15-20,22H,1-14,21H2/t15-,16?,17?,18-,19?,20?/m1/s1. The number of fused-ring (bicyclic) bond motifs is 4. The van der Waals surface area contributed by atoms with Gasteiger partial charge in [0.25, 0.3) is 0 Å². The van der Waals surface area contributed by atoms with Gasteiger partial charge in [0.15, 0.2) is 0 Å². The van der Waals surface area contributed by atoms with Gasteiger partial charge in [0.1, 0.15) is 0 Å². The van der Waals surface area contributed by atoms with Gasteiger partial charge in [-0.05, 0) is 64.0 Å². The van der Waals surface area contributed by atoms with Crippen LogP contribution in [0.1, 0.15) is 51.4 Å². The van der Waals surface area contributed by atoms with E-state index in [-0.39, 0.29) is 0 Å². The van der Waals surface area contributed by atoms with Crippen LogP contribution in [0.5, 0.6) is 0 Å². The minimum atomic E-state index is 0.422. The lowest BCUT2D eigenvalue weighted by atomic mass is 9.83. The third kappa shape index (κ3) is 3.27. The molecule has 4 heterocycles. The topological polar surface area (TPSA) is 47.8 Å². The highest BCUT2D eigenvalue weighted by Gasteiger charge is 2.45. The van der Waals surface area contributed by atoms with Crippen molar-refractivity contribution >= 4 is 0 Å². The highest BCUT2D eigenvalue weighted by atomic mass is 15.4. The molecule has 0 spiro atoms. The van der Waals surface area contributed by atoms with E-state index < -0.39 is 0 Å². The van der Waals surface area contributed by atoms with Crippen LogP contribution in [0.25, 0.3) is 0 Å². The second-order valence-electron chi connectivity index (χ2n) is 9.43. The molecule has 5 nitrogen and oxygen atoms in total. The molecule has 4 aliphatic heterocycles. The predicted octanol–water partition coefficient (Wildman–Crippen LogP) is 1.05. The first-order chi connectivity index (χ1) is 12.3. The Labute approximate surface area is 153 Å². The predicted molar refractivity (Wildman–Crippen MR) is 101 cm³/mol. The van der Waals surface area contributed by atoms with E-state index in [4.69, 9.17) is 5.73 Å². The van der Waals surface area contributed by atoms with Gasteiger partial charge in [0.2, 0.25) is 0 Å². The number of piperidine rings is 2. The molecule has 6 atom stereocenters. The second-order valence-corrected chi connectivity index (χ2v) is 9.43. The Hall–Kier alpha value is -0.200. The minimum Gasteiger partial charge on any atom is -0.328 e. The van der Waals surface area contributed by atoms with Crippen LogP contribution in [0.15, 0.2) is 0 Å². The van der Waals surface area contributed by atoms with Crippen molar-refractivity contribution in [2.45, 2.75) is 81.7 Å². The molecule has 1 aliphatic carbocycles. The van der Waals surface area contributed by atoms with Gasteiger partial charge in [0.05, 0.1) is 6.17 Å². The van der Waals surface area contributed by atoms with Crippen LogP contribution >= 0.6 is 0 Å². The molecule has 142 valence electrons. The zero-order chi connectivity index (χ0) is 16.8. The molecule has 0 aromatic heterocycles. The number of nitrogens with zero attached hydrogens (tertiary/aromatic N) is 3. The minimum absolute atomic E-state index is 0.422. The molecule has 5 heteroatoms. The van der Waals surface area contributed by atoms with Crippen molar-refractivity contribution in [1.29, 1.82) is 0 Å². The summed E-state index contributed by atoms with van der Waals surface area (Å²) in [6, 6.07) is 2.72. The molecule has 25 heavy (non-hydrogen) atoms. The Morgan fingerprint density at radius 2 is 1.80 bits per heavy atom. The Morgan fingerprint density at radius 1 is 0.880 bits per heavy atom. The highest BCUT2D eigenvalue weighted by molar-refractivity contribution is 5.03.